The number of hydrogen-bond acceptors (Lipinski definition) is 6. The molecule has 0 saturated carbocycles. The van der Waals surface area contributed by atoms with Gasteiger partial charge in [0.1, 0.15) is 5.60 Å². The summed E-state index contributed by atoms with van der Waals surface area (Å²) in [7, 11) is 0. The SMILES string of the molecule is CC(O)(CO)CNc1ccc([N+](=O)[O-])c2ccncc12. The predicted octanol–water partition coefficient (Wildman–Crippen LogP) is 1.30. The molecule has 0 bridgehead atoms. The molecule has 1 aromatic heterocycles. The number of pyridine rings is 1. The molecule has 0 amide bonds. The van der Waals surface area contributed by atoms with E-state index in [0.29, 0.717) is 16.5 Å². The lowest BCUT2D eigenvalue weighted by Gasteiger charge is -2.21. The zero-order valence-electron chi connectivity index (χ0n) is 10.9. The van der Waals surface area contributed by atoms with Crippen LogP contribution in [0, 0.1) is 10.1 Å². The van der Waals surface area contributed by atoms with Gasteiger partial charge >= 0.3 is 0 Å². The van der Waals surface area contributed by atoms with Crippen LogP contribution >= 0.6 is 0 Å². The molecule has 2 rings (SSSR count). The summed E-state index contributed by atoms with van der Waals surface area (Å²) in [5.74, 6) is 0. The van der Waals surface area contributed by atoms with Crippen LogP contribution in [0.5, 0.6) is 0 Å². The Bertz CT molecular complexity index is 643. The molecule has 0 fully saturated rings. The fourth-order valence-electron chi connectivity index (χ4n) is 1.83. The second-order valence-electron chi connectivity index (χ2n) is 4.82. The second kappa shape index (κ2) is 5.40. The van der Waals surface area contributed by atoms with Crippen LogP contribution in [0.3, 0.4) is 0 Å². The van der Waals surface area contributed by atoms with Gasteiger partial charge in [-0.1, -0.05) is 0 Å². The minimum absolute atomic E-state index is 0.00173. The fraction of sp³-hybridized carbons (Fsp3) is 0.308. The zero-order chi connectivity index (χ0) is 14.8. The maximum atomic E-state index is 11.0. The highest BCUT2D eigenvalue weighted by atomic mass is 16.6. The summed E-state index contributed by atoms with van der Waals surface area (Å²) in [5, 5.41) is 33.8. The molecule has 1 atom stereocenters. The number of nitro groups is 1. The van der Waals surface area contributed by atoms with Crippen molar-refractivity contribution < 1.29 is 15.1 Å². The average molecular weight is 277 g/mol. The number of anilines is 1. The van der Waals surface area contributed by atoms with E-state index in [9.17, 15) is 15.2 Å². The van der Waals surface area contributed by atoms with Gasteiger partial charge in [-0.15, -0.1) is 0 Å². The maximum Gasteiger partial charge on any atom is 0.277 e. The van der Waals surface area contributed by atoms with Crippen molar-refractivity contribution in [1.82, 2.24) is 4.98 Å². The van der Waals surface area contributed by atoms with Gasteiger partial charge < -0.3 is 15.5 Å². The number of nitrogens with one attached hydrogen (secondary N) is 1. The van der Waals surface area contributed by atoms with Crippen LogP contribution in [0.25, 0.3) is 10.8 Å². The van der Waals surface area contributed by atoms with Crippen molar-refractivity contribution in [2.75, 3.05) is 18.5 Å². The van der Waals surface area contributed by atoms with Crippen molar-refractivity contribution in [3.05, 3.63) is 40.7 Å². The summed E-state index contributed by atoms with van der Waals surface area (Å²) in [6.07, 6.45) is 3.02. The fourth-order valence-corrected chi connectivity index (χ4v) is 1.83. The van der Waals surface area contributed by atoms with Crippen LogP contribution < -0.4 is 5.32 Å². The Kier molecular flexibility index (Phi) is 3.82. The summed E-state index contributed by atoms with van der Waals surface area (Å²) in [6.45, 7) is 1.22. The van der Waals surface area contributed by atoms with Crippen molar-refractivity contribution in [2.45, 2.75) is 12.5 Å². The van der Waals surface area contributed by atoms with E-state index in [4.69, 9.17) is 5.11 Å². The van der Waals surface area contributed by atoms with Gasteiger partial charge in [-0.2, -0.15) is 0 Å². The van der Waals surface area contributed by atoms with E-state index in [1.54, 1.807) is 12.1 Å². The quantitative estimate of drug-likeness (QED) is 0.561. The number of fused-ring (bicyclic) bond motifs is 1. The minimum atomic E-state index is -1.27. The number of rotatable bonds is 5. The first-order chi connectivity index (χ1) is 9.44. The molecule has 3 N–H and O–H groups in total. The molecular formula is C13H15N3O4. The highest BCUT2D eigenvalue weighted by Gasteiger charge is 2.20. The van der Waals surface area contributed by atoms with Crippen LogP contribution in [0.4, 0.5) is 11.4 Å². The molecule has 7 nitrogen and oxygen atoms in total. The lowest BCUT2D eigenvalue weighted by Crippen LogP contribution is -2.37. The summed E-state index contributed by atoms with van der Waals surface area (Å²) in [5.41, 5.74) is -0.648. The minimum Gasteiger partial charge on any atom is -0.393 e. The summed E-state index contributed by atoms with van der Waals surface area (Å²) in [4.78, 5) is 14.5. The largest absolute Gasteiger partial charge is 0.393 e. The average Bonchev–Trinajstić information content (AvgIpc) is 2.44. The third-order valence-electron chi connectivity index (χ3n) is 2.99. The number of nitro benzene ring substituents is 1. The Labute approximate surface area is 115 Å². The standard InChI is InChI=1S/C13H15N3O4/c1-13(18,8-17)7-15-11-2-3-12(16(19)20)9-4-5-14-6-10(9)11/h2-6,15,17-18H,7-8H2,1H3. The van der Waals surface area contributed by atoms with E-state index < -0.39 is 10.5 Å². The van der Waals surface area contributed by atoms with E-state index in [1.165, 1.54) is 25.4 Å². The molecule has 7 heteroatoms. The third kappa shape index (κ3) is 2.84. The van der Waals surface area contributed by atoms with E-state index in [0.717, 1.165) is 0 Å². The van der Waals surface area contributed by atoms with E-state index in [2.05, 4.69) is 10.3 Å². The molecule has 1 unspecified atom stereocenters. The van der Waals surface area contributed by atoms with Gasteiger partial charge in [0.05, 0.1) is 16.9 Å². The van der Waals surface area contributed by atoms with Crippen LogP contribution in [0.2, 0.25) is 0 Å². The Morgan fingerprint density at radius 1 is 1.40 bits per heavy atom. The van der Waals surface area contributed by atoms with Crippen molar-refractivity contribution >= 4 is 22.1 Å². The van der Waals surface area contributed by atoms with Crippen LogP contribution in [-0.2, 0) is 0 Å². The lowest BCUT2D eigenvalue weighted by molar-refractivity contribution is -0.383. The first-order valence-electron chi connectivity index (χ1n) is 6.03. The normalized spacial score (nSPS) is 13.9. The molecule has 20 heavy (non-hydrogen) atoms. The molecular weight excluding hydrogens is 262 g/mol. The molecule has 0 aliphatic carbocycles. The van der Waals surface area contributed by atoms with Crippen LogP contribution in [0.15, 0.2) is 30.6 Å². The number of non-ortho nitro benzene ring substituents is 1. The Hall–Kier alpha value is -2.25. The first kappa shape index (κ1) is 14.2. The van der Waals surface area contributed by atoms with Gasteiger partial charge in [-0.05, 0) is 19.1 Å². The van der Waals surface area contributed by atoms with E-state index >= 15 is 0 Å². The number of aromatic nitrogens is 1. The smallest absolute Gasteiger partial charge is 0.277 e. The summed E-state index contributed by atoms with van der Waals surface area (Å²) in [6, 6.07) is 4.54. The van der Waals surface area contributed by atoms with Crippen molar-refractivity contribution in [1.29, 1.82) is 0 Å². The summed E-state index contributed by atoms with van der Waals surface area (Å²) >= 11 is 0. The topological polar surface area (TPSA) is 109 Å². The molecule has 2 aromatic rings. The predicted molar refractivity (Wildman–Crippen MR) is 74.6 cm³/mol. The maximum absolute atomic E-state index is 11.0. The molecule has 0 aliphatic rings. The van der Waals surface area contributed by atoms with Gasteiger partial charge in [-0.25, -0.2) is 0 Å². The van der Waals surface area contributed by atoms with Gasteiger partial charge in [0.2, 0.25) is 0 Å². The third-order valence-corrected chi connectivity index (χ3v) is 2.99. The van der Waals surface area contributed by atoms with E-state index in [1.807, 2.05) is 0 Å². The Morgan fingerprint density at radius 2 is 2.15 bits per heavy atom. The first-order valence-corrected chi connectivity index (χ1v) is 6.03. The number of benzene rings is 1. The van der Waals surface area contributed by atoms with Gasteiger partial charge in [0, 0.05) is 36.1 Å². The van der Waals surface area contributed by atoms with Gasteiger partial charge in [0.25, 0.3) is 5.69 Å². The Morgan fingerprint density at radius 3 is 2.80 bits per heavy atom. The molecule has 0 aliphatic heterocycles. The summed E-state index contributed by atoms with van der Waals surface area (Å²) < 4.78 is 0. The monoisotopic (exact) mass is 277 g/mol. The van der Waals surface area contributed by atoms with Crippen LogP contribution in [-0.4, -0.2) is 38.9 Å². The van der Waals surface area contributed by atoms with Crippen molar-refractivity contribution in [2.24, 2.45) is 0 Å². The Balaban J connectivity index is 2.41. The van der Waals surface area contributed by atoms with Crippen LogP contribution in [0.1, 0.15) is 6.92 Å². The molecule has 106 valence electrons. The zero-order valence-corrected chi connectivity index (χ0v) is 10.9. The van der Waals surface area contributed by atoms with Crippen molar-refractivity contribution in [3.8, 4) is 0 Å². The van der Waals surface area contributed by atoms with E-state index in [-0.39, 0.29) is 18.8 Å². The number of hydrogen-bond donors (Lipinski definition) is 3. The second-order valence-corrected chi connectivity index (χ2v) is 4.82. The van der Waals surface area contributed by atoms with Gasteiger partial charge in [-0.3, -0.25) is 15.1 Å². The number of aliphatic hydroxyl groups is 2. The molecule has 1 aromatic carbocycles. The molecule has 0 radical (unpaired) electrons. The molecule has 0 spiro atoms. The number of aliphatic hydroxyl groups excluding tert-OH is 1. The lowest BCUT2D eigenvalue weighted by atomic mass is 10.1. The van der Waals surface area contributed by atoms with Crippen molar-refractivity contribution in [3.63, 3.8) is 0 Å². The highest BCUT2D eigenvalue weighted by molar-refractivity contribution is 5.99. The molecule has 1 heterocycles. The molecule has 0 saturated heterocycles. The number of nitrogens with zero attached hydrogens (tertiary/aromatic N) is 2. The van der Waals surface area contributed by atoms with Gasteiger partial charge in [0.15, 0.2) is 0 Å². The highest BCUT2D eigenvalue weighted by Crippen LogP contribution is 2.30.